The van der Waals surface area contributed by atoms with E-state index in [0.29, 0.717) is 13.2 Å². The predicted molar refractivity (Wildman–Crippen MR) is 56.2 cm³/mol. The van der Waals surface area contributed by atoms with Gasteiger partial charge in [-0.05, 0) is 27.2 Å². The van der Waals surface area contributed by atoms with Crippen molar-refractivity contribution in [2.75, 3.05) is 13.2 Å². The Morgan fingerprint density at radius 2 is 2.00 bits per heavy atom. The molecule has 1 saturated heterocycles. The molecule has 1 aromatic rings. The van der Waals surface area contributed by atoms with Crippen molar-refractivity contribution in [3.05, 3.63) is 22.6 Å². The fourth-order valence-electron chi connectivity index (χ4n) is 2.10. The summed E-state index contributed by atoms with van der Waals surface area (Å²) < 4.78 is 10.7. The van der Waals surface area contributed by atoms with Crippen LogP contribution in [0.1, 0.15) is 33.9 Å². The zero-order chi connectivity index (χ0) is 11.0. The third kappa shape index (κ3) is 1.72. The van der Waals surface area contributed by atoms with Crippen LogP contribution in [0.25, 0.3) is 0 Å². The molecule has 0 spiro atoms. The lowest BCUT2D eigenvalue weighted by Gasteiger charge is -2.06. The minimum Gasteiger partial charge on any atom is -0.466 e. The Morgan fingerprint density at radius 1 is 1.27 bits per heavy atom. The molecule has 15 heavy (non-hydrogen) atoms. The van der Waals surface area contributed by atoms with Gasteiger partial charge in [0.15, 0.2) is 5.78 Å². The number of rotatable bonds is 2. The van der Waals surface area contributed by atoms with Crippen molar-refractivity contribution in [1.29, 1.82) is 0 Å². The summed E-state index contributed by atoms with van der Waals surface area (Å²) in [6.45, 7) is 6.94. The van der Waals surface area contributed by atoms with Gasteiger partial charge in [0, 0.05) is 18.1 Å². The quantitative estimate of drug-likeness (QED) is 0.701. The number of hydrogen-bond acceptors (Lipinski definition) is 3. The molecule has 0 N–H and O–H groups in total. The molecule has 0 radical (unpaired) electrons. The van der Waals surface area contributed by atoms with Gasteiger partial charge in [0.1, 0.15) is 11.5 Å². The van der Waals surface area contributed by atoms with Crippen LogP contribution in [-0.2, 0) is 4.74 Å². The van der Waals surface area contributed by atoms with E-state index in [1.165, 1.54) is 0 Å². The second-order valence-electron chi connectivity index (χ2n) is 4.14. The van der Waals surface area contributed by atoms with Crippen LogP contribution < -0.4 is 0 Å². The number of carbonyl (C=O) groups excluding carboxylic acids is 1. The summed E-state index contributed by atoms with van der Waals surface area (Å²) in [6.07, 6.45) is 0.835. The van der Waals surface area contributed by atoms with E-state index in [9.17, 15) is 4.79 Å². The summed E-state index contributed by atoms with van der Waals surface area (Å²) in [7, 11) is 0. The fraction of sp³-hybridized carbons (Fsp3) is 0.583. The van der Waals surface area contributed by atoms with Crippen LogP contribution in [0.4, 0.5) is 0 Å². The predicted octanol–water partition coefficient (Wildman–Crippen LogP) is 2.42. The number of furan rings is 1. The number of Topliss-reactive ketones (excluding diaryl/α,β-unsaturated/α-hetero) is 1. The molecule has 2 heterocycles. The Bertz CT molecular complexity index is 384. The Hall–Kier alpha value is -1.09. The molecule has 3 heteroatoms. The lowest BCUT2D eigenvalue weighted by molar-refractivity contribution is 0.0898. The second-order valence-corrected chi connectivity index (χ2v) is 4.14. The molecule has 0 aliphatic carbocycles. The van der Waals surface area contributed by atoms with E-state index >= 15 is 0 Å². The highest BCUT2D eigenvalue weighted by molar-refractivity contribution is 6.00. The first kappa shape index (κ1) is 10.4. The minimum absolute atomic E-state index is 0.0272. The van der Waals surface area contributed by atoms with Crippen molar-refractivity contribution in [2.45, 2.75) is 27.2 Å². The molecule has 82 valence electrons. The lowest BCUT2D eigenvalue weighted by atomic mass is 9.94. The van der Waals surface area contributed by atoms with Gasteiger partial charge in [-0.1, -0.05) is 0 Å². The van der Waals surface area contributed by atoms with Crippen molar-refractivity contribution in [3.8, 4) is 0 Å². The van der Waals surface area contributed by atoms with Gasteiger partial charge < -0.3 is 9.15 Å². The monoisotopic (exact) mass is 208 g/mol. The maximum absolute atomic E-state index is 12.2. The molecular weight excluding hydrogens is 192 g/mol. The highest BCUT2D eigenvalue weighted by atomic mass is 16.5. The van der Waals surface area contributed by atoms with Gasteiger partial charge in [0.2, 0.25) is 0 Å². The van der Waals surface area contributed by atoms with Crippen LogP contribution in [-0.4, -0.2) is 19.0 Å². The molecule has 1 aromatic heterocycles. The minimum atomic E-state index is 0.0272. The standard InChI is InChI=1S/C12H16O3/c1-7-8(2)15-9(3)11(7)12(13)10-4-5-14-6-10/h10H,4-6H2,1-3H3. The molecular formula is C12H16O3. The first-order chi connectivity index (χ1) is 7.11. The van der Waals surface area contributed by atoms with E-state index in [-0.39, 0.29) is 11.7 Å². The van der Waals surface area contributed by atoms with Crippen LogP contribution in [0, 0.1) is 26.7 Å². The van der Waals surface area contributed by atoms with Crippen molar-refractivity contribution < 1.29 is 13.9 Å². The van der Waals surface area contributed by atoms with Crippen molar-refractivity contribution in [2.24, 2.45) is 5.92 Å². The largest absolute Gasteiger partial charge is 0.466 e. The first-order valence-electron chi connectivity index (χ1n) is 5.29. The van der Waals surface area contributed by atoms with E-state index in [0.717, 1.165) is 29.1 Å². The van der Waals surface area contributed by atoms with E-state index in [4.69, 9.17) is 9.15 Å². The Kier molecular flexibility index (Phi) is 2.65. The van der Waals surface area contributed by atoms with E-state index in [1.807, 2.05) is 20.8 Å². The SMILES string of the molecule is Cc1oc(C)c(C(=O)C2CCOC2)c1C. The highest BCUT2D eigenvalue weighted by Crippen LogP contribution is 2.26. The van der Waals surface area contributed by atoms with E-state index < -0.39 is 0 Å². The van der Waals surface area contributed by atoms with Gasteiger partial charge in [0.05, 0.1) is 12.2 Å². The molecule has 0 amide bonds. The topological polar surface area (TPSA) is 39.4 Å². The third-order valence-electron chi connectivity index (χ3n) is 3.11. The maximum atomic E-state index is 12.2. The average Bonchev–Trinajstić information content (AvgIpc) is 2.76. The highest BCUT2D eigenvalue weighted by Gasteiger charge is 2.28. The van der Waals surface area contributed by atoms with E-state index in [1.54, 1.807) is 0 Å². The van der Waals surface area contributed by atoms with E-state index in [2.05, 4.69) is 0 Å². The van der Waals surface area contributed by atoms with Gasteiger partial charge in [0.25, 0.3) is 0 Å². The summed E-state index contributed by atoms with van der Waals surface area (Å²) >= 11 is 0. The zero-order valence-corrected chi connectivity index (χ0v) is 9.42. The average molecular weight is 208 g/mol. The first-order valence-corrected chi connectivity index (χ1v) is 5.29. The van der Waals surface area contributed by atoms with Gasteiger partial charge in [-0.2, -0.15) is 0 Å². The summed E-state index contributed by atoms with van der Waals surface area (Å²) in [4.78, 5) is 12.2. The summed E-state index contributed by atoms with van der Waals surface area (Å²) in [6, 6.07) is 0. The zero-order valence-electron chi connectivity index (χ0n) is 9.42. The molecule has 1 aliphatic heterocycles. The van der Waals surface area contributed by atoms with Crippen LogP contribution in [0.15, 0.2) is 4.42 Å². The molecule has 1 fully saturated rings. The Labute approximate surface area is 89.4 Å². The molecule has 1 unspecified atom stereocenters. The smallest absolute Gasteiger partial charge is 0.172 e. The van der Waals surface area contributed by atoms with Crippen LogP contribution in [0.5, 0.6) is 0 Å². The normalized spacial score (nSPS) is 20.9. The molecule has 0 bridgehead atoms. The number of hydrogen-bond donors (Lipinski definition) is 0. The van der Waals surface area contributed by atoms with Crippen molar-refractivity contribution >= 4 is 5.78 Å². The number of aryl methyl sites for hydroxylation is 2. The summed E-state index contributed by atoms with van der Waals surface area (Å²) in [5.74, 6) is 1.79. The fourth-order valence-corrected chi connectivity index (χ4v) is 2.10. The molecule has 0 saturated carbocycles. The number of carbonyl (C=O) groups is 1. The van der Waals surface area contributed by atoms with Crippen LogP contribution in [0.2, 0.25) is 0 Å². The van der Waals surface area contributed by atoms with Crippen molar-refractivity contribution in [3.63, 3.8) is 0 Å². The van der Waals surface area contributed by atoms with Crippen LogP contribution >= 0.6 is 0 Å². The summed E-state index contributed by atoms with van der Waals surface area (Å²) in [5, 5.41) is 0. The molecule has 2 rings (SSSR count). The second kappa shape index (κ2) is 3.81. The number of ketones is 1. The third-order valence-corrected chi connectivity index (χ3v) is 3.11. The van der Waals surface area contributed by atoms with Gasteiger partial charge in [-0.15, -0.1) is 0 Å². The Morgan fingerprint density at radius 3 is 2.47 bits per heavy atom. The molecule has 1 aliphatic rings. The van der Waals surface area contributed by atoms with Crippen LogP contribution in [0.3, 0.4) is 0 Å². The van der Waals surface area contributed by atoms with Gasteiger partial charge in [-0.3, -0.25) is 4.79 Å². The lowest BCUT2D eigenvalue weighted by Crippen LogP contribution is -2.15. The number of ether oxygens (including phenoxy) is 1. The molecule has 1 atom stereocenters. The molecule has 3 nitrogen and oxygen atoms in total. The Balaban J connectivity index is 2.32. The van der Waals surface area contributed by atoms with Crippen molar-refractivity contribution in [1.82, 2.24) is 0 Å². The maximum Gasteiger partial charge on any atom is 0.172 e. The summed E-state index contributed by atoms with van der Waals surface area (Å²) in [5.41, 5.74) is 1.74. The van der Waals surface area contributed by atoms with Gasteiger partial charge >= 0.3 is 0 Å². The van der Waals surface area contributed by atoms with Gasteiger partial charge in [-0.25, -0.2) is 0 Å². The molecule has 0 aromatic carbocycles.